The van der Waals surface area contributed by atoms with Gasteiger partial charge in [0.2, 0.25) is 0 Å². The highest BCUT2D eigenvalue weighted by Crippen LogP contribution is 2.46. The quantitative estimate of drug-likeness (QED) is 0.832. The van der Waals surface area contributed by atoms with Crippen LogP contribution in [0.25, 0.3) is 0 Å². The zero-order chi connectivity index (χ0) is 13.6. The van der Waals surface area contributed by atoms with Gasteiger partial charge in [-0.05, 0) is 62.9 Å². The second-order valence-corrected chi connectivity index (χ2v) is 8.17. The summed E-state index contributed by atoms with van der Waals surface area (Å²) in [5, 5.41) is 3.41. The molecular formula is C17H31N3. The highest BCUT2D eigenvalue weighted by Gasteiger charge is 2.48. The third kappa shape index (κ3) is 2.42. The molecule has 3 saturated heterocycles. The number of piperidine rings is 1. The molecule has 4 aliphatic rings. The molecule has 3 heteroatoms. The van der Waals surface area contributed by atoms with Crippen molar-refractivity contribution in [3.63, 3.8) is 0 Å². The minimum absolute atomic E-state index is 0.731. The number of likely N-dealkylation sites (tertiary alicyclic amines) is 2. The van der Waals surface area contributed by atoms with E-state index in [0.717, 1.165) is 23.4 Å². The molecule has 1 N–H and O–H groups in total. The van der Waals surface area contributed by atoms with Crippen LogP contribution in [0.1, 0.15) is 45.4 Å². The Morgan fingerprint density at radius 2 is 1.50 bits per heavy atom. The molecule has 0 amide bonds. The van der Waals surface area contributed by atoms with E-state index in [1.165, 1.54) is 77.8 Å². The lowest BCUT2D eigenvalue weighted by Gasteiger charge is -2.58. The molecule has 0 bridgehead atoms. The lowest BCUT2D eigenvalue weighted by atomic mass is 9.66. The van der Waals surface area contributed by atoms with E-state index < -0.39 is 0 Å². The topological polar surface area (TPSA) is 18.5 Å². The predicted octanol–water partition coefficient (Wildman–Crippen LogP) is 1.93. The van der Waals surface area contributed by atoms with Gasteiger partial charge in [0.15, 0.2) is 0 Å². The molecule has 1 aliphatic carbocycles. The molecule has 0 aromatic carbocycles. The summed E-state index contributed by atoms with van der Waals surface area (Å²) in [5.74, 6) is 0.970. The fraction of sp³-hybridized carbons (Fsp3) is 1.00. The highest BCUT2D eigenvalue weighted by molar-refractivity contribution is 5.03. The monoisotopic (exact) mass is 277 g/mol. The summed E-state index contributed by atoms with van der Waals surface area (Å²) in [4.78, 5) is 5.55. The van der Waals surface area contributed by atoms with Crippen LogP contribution < -0.4 is 5.32 Å². The van der Waals surface area contributed by atoms with Gasteiger partial charge < -0.3 is 10.2 Å². The van der Waals surface area contributed by atoms with Gasteiger partial charge in [-0.3, -0.25) is 4.90 Å². The lowest BCUT2D eigenvalue weighted by molar-refractivity contribution is -0.0791. The molecule has 4 rings (SSSR count). The number of nitrogens with one attached hydrogen (secondary N) is 1. The van der Waals surface area contributed by atoms with E-state index >= 15 is 0 Å². The first-order chi connectivity index (χ1) is 9.74. The van der Waals surface area contributed by atoms with Gasteiger partial charge in [-0.15, -0.1) is 0 Å². The predicted molar refractivity (Wildman–Crippen MR) is 82.9 cm³/mol. The Bertz CT molecular complexity index is 328. The fourth-order valence-electron chi connectivity index (χ4n) is 4.90. The summed E-state index contributed by atoms with van der Waals surface area (Å²) in [6, 6.07) is 1.80. The average molecular weight is 277 g/mol. The van der Waals surface area contributed by atoms with Crippen molar-refractivity contribution in [1.82, 2.24) is 15.1 Å². The van der Waals surface area contributed by atoms with Crippen molar-refractivity contribution in [1.29, 1.82) is 0 Å². The van der Waals surface area contributed by atoms with Gasteiger partial charge in [-0.2, -0.15) is 0 Å². The molecular weight excluding hydrogens is 246 g/mol. The van der Waals surface area contributed by atoms with E-state index in [0.29, 0.717) is 0 Å². The summed E-state index contributed by atoms with van der Waals surface area (Å²) in [6.07, 6.45) is 8.82. The van der Waals surface area contributed by atoms with Gasteiger partial charge in [0.25, 0.3) is 0 Å². The Kier molecular flexibility index (Phi) is 3.56. The molecule has 1 saturated carbocycles. The van der Waals surface area contributed by atoms with E-state index in [9.17, 15) is 0 Å². The number of rotatable bonds is 2. The van der Waals surface area contributed by atoms with Crippen LogP contribution in [0.5, 0.6) is 0 Å². The highest BCUT2D eigenvalue weighted by atomic mass is 15.3. The summed E-state index contributed by atoms with van der Waals surface area (Å²) < 4.78 is 0. The van der Waals surface area contributed by atoms with Crippen LogP contribution in [0.15, 0.2) is 0 Å². The smallest absolute Gasteiger partial charge is 0.0345 e. The maximum atomic E-state index is 3.41. The minimum Gasteiger partial charge on any atom is -0.314 e. The van der Waals surface area contributed by atoms with Gasteiger partial charge in [-0.25, -0.2) is 0 Å². The first kappa shape index (κ1) is 13.5. The zero-order valence-corrected chi connectivity index (χ0v) is 13.1. The summed E-state index contributed by atoms with van der Waals surface area (Å²) in [6.45, 7) is 10.5. The normalized spacial score (nSPS) is 34.0. The molecule has 3 aliphatic heterocycles. The van der Waals surface area contributed by atoms with Gasteiger partial charge in [0, 0.05) is 38.3 Å². The van der Waals surface area contributed by atoms with E-state index in [1.54, 1.807) is 0 Å². The molecule has 0 aromatic heterocycles. The Morgan fingerprint density at radius 3 is 2.05 bits per heavy atom. The second kappa shape index (κ2) is 5.26. The number of hydrogen-bond donors (Lipinski definition) is 1. The molecule has 3 heterocycles. The Morgan fingerprint density at radius 1 is 0.850 bits per heavy atom. The Labute approximate surface area is 124 Å². The maximum absolute atomic E-state index is 3.41. The standard InChI is InChI=1S/C17H31N3/c1-14-4-8-19(9-5-14)15-2-6-17(7-3-15)12-20(13-17)16-10-18-11-16/h14-16,18H,2-13H2,1H3. The SMILES string of the molecule is CC1CCN(C2CCC3(CC2)CN(C2CNC2)C3)CC1. The van der Waals surface area contributed by atoms with Crippen molar-refractivity contribution in [2.45, 2.75) is 57.5 Å². The number of nitrogens with zero attached hydrogens (tertiary/aromatic N) is 2. The van der Waals surface area contributed by atoms with E-state index in [4.69, 9.17) is 0 Å². The van der Waals surface area contributed by atoms with E-state index in [2.05, 4.69) is 22.0 Å². The largest absolute Gasteiger partial charge is 0.314 e. The van der Waals surface area contributed by atoms with Crippen LogP contribution in [0, 0.1) is 11.3 Å². The van der Waals surface area contributed by atoms with Crippen molar-refractivity contribution < 1.29 is 0 Å². The van der Waals surface area contributed by atoms with Gasteiger partial charge >= 0.3 is 0 Å². The van der Waals surface area contributed by atoms with Gasteiger partial charge in [-0.1, -0.05) is 6.92 Å². The first-order valence-corrected chi connectivity index (χ1v) is 8.93. The second-order valence-electron chi connectivity index (χ2n) is 8.17. The molecule has 1 spiro atoms. The van der Waals surface area contributed by atoms with Crippen LogP contribution in [0.3, 0.4) is 0 Å². The molecule has 0 unspecified atom stereocenters. The van der Waals surface area contributed by atoms with Crippen molar-refractivity contribution in [3.8, 4) is 0 Å². The third-order valence-corrected chi connectivity index (χ3v) is 6.70. The van der Waals surface area contributed by atoms with Crippen LogP contribution in [0.4, 0.5) is 0 Å². The molecule has 114 valence electrons. The van der Waals surface area contributed by atoms with Crippen molar-refractivity contribution >= 4 is 0 Å². The van der Waals surface area contributed by atoms with E-state index in [-0.39, 0.29) is 0 Å². The minimum atomic E-state index is 0.731. The summed E-state index contributed by atoms with van der Waals surface area (Å²) in [5.41, 5.74) is 0.731. The maximum Gasteiger partial charge on any atom is 0.0345 e. The third-order valence-electron chi connectivity index (χ3n) is 6.70. The Hall–Kier alpha value is -0.120. The molecule has 20 heavy (non-hydrogen) atoms. The summed E-state index contributed by atoms with van der Waals surface area (Å²) in [7, 11) is 0. The molecule has 0 atom stereocenters. The molecule has 3 nitrogen and oxygen atoms in total. The van der Waals surface area contributed by atoms with Crippen LogP contribution in [0.2, 0.25) is 0 Å². The van der Waals surface area contributed by atoms with Gasteiger partial charge in [0.1, 0.15) is 0 Å². The molecule has 0 radical (unpaired) electrons. The molecule has 4 fully saturated rings. The van der Waals surface area contributed by atoms with Gasteiger partial charge in [0.05, 0.1) is 0 Å². The van der Waals surface area contributed by atoms with Crippen LogP contribution >= 0.6 is 0 Å². The zero-order valence-electron chi connectivity index (χ0n) is 13.1. The summed E-state index contributed by atoms with van der Waals surface area (Å²) >= 11 is 0. The van der Waals surface area contributed by atoms with Crippen molar-refractivity contribution in [3.05, 3.63) is 0 Å². The van der Waals surface area contributed by atoms with E-state index in [1.807, 2.05) is 0 Å². The van der Waals surface area contributed by atoms with Crippen LogP contribution in [-0.2, 0) is 0 Å². The average Bonchev–Trinajstić information content (AvgIpc) is 2.37. The van der Waals surface area contributed by atoms with Crippen LogP contribution in [-0.4, -0.2) is 61.2 Å². The van der Waals surface area contributed by atoms with Crippen molar-refractivity contribution in [2.75, 3.05) is 39.3 Å². The molecule has 0 aromatic rings. The first-order valence-electron chi connectivity index (χ1n) is 8.93. The Balaban J connectivity index is 1.24. The fourth-order valence-corrected chi connectivity index (χ4v) is 4.90. The van der Waals surface area contributed by atoms with Crippen molar-refractivity contribution in [2.24, 2.45) is 11.3 Å². The number of hydrogen-bond acceptors (Lipinski definition) is 3. The lowest BCUT2D eigenvalue weighted by Crippen LogP contribution is -2.68.